The molecule has 6 aliphatic rings. The fraction of sp³-hybridized carbons (Fsp3) is 0.833. The van der Waals surface area contributed by atoms with E-state index >= 15 is 4.39 Å². The number of fused-ring (bicyclic) bond motifs is 2. The Kier molecular flexibility index (Phi) is 7.61. The molecule has 222 valence electrons. The summed E-state index contributed by atoms with van der Waals surface area (Å²) in [5.74, 6) is -0.996. The van der Waals surface area contributed by atoms with Crippen LogP contribution in [0.5, 0.6) is 0 Å². The second kappa shape index (κ2) is 10.9. The zero-order chi connectivity index (χ0) is 28.2. The van der Waals surface area contributed by atoms with E-state index in [1.54, 1.807) is 0 Å². The molecule has 0 aromatic carbocycles. The number of carbonyl (C=O) groups is 3. The Balaban J connectivity index is 1.25. The Morgan fingerprint density at radius 2 is 1.77 bits per heavy atom. The molecule has 3 saturated heterocycles. The normalized spacial score (nSPS) is 38.3. The zero-order valence-corrected chi connectivity index (χ0v) is 24.1. The van der Waals surface area contributed by atoms with Crippen LogP contribution in [0.15, 0.2) is 11.8 Å². The van der Waals surface area contributed by atoms with E-state index in [1.165, 1.54) is 0 Å². The maximum absolute atomic E-state index is 16.2. The van der Waals surface area contributed by atoms with Crippen LogP contribution in [0.1, 0.15) is 78.6 Å². The molecule has 2 amide bonds. The molecule has 10 heteroatoms. The maximum Gasteiger partial charge on any atom is 0.407 e. The van der Waals surface area contributed by atoms with Gasteiger partial charge in [0, 0.05) is 44.3 Å². The number of morpholine rings is 1. The van der Waals surface area contributed by atoms with Crippen LogP contribution in [0.4, 0.5) is 9.18 Å². The number of hydrogen-bond acceptors (Lipinski definition) is 7. The quantitative estimate of drug-likeness (QED) is 0.531. The summed E-state index contributed by atoms with van der Waals surface area (Å²) in [6.45, 7) is 7.99. The summed E-state index contributed by atoms with van der Waals surface area (Å²) in [6.07, 6.45) is 7.40. The van der Waals surface area contributed by atoms with Crippen molar-refractivity contribution in [2.45, 2.75) is 127 Å². The van der Waals surface area contributed by atoms with Gasteiger partial charge in [-0.3, -0.25) is 14.5 Å². The van der Waals surface area contributed by atoms with Crippen molar-refractivity contribution >= 4 is 17.8 Å². The second-order valence-corrected chi connectivity index (χ2v) is 13.7. The first-order valence-corrected chi connectivity index (χ1v) is 15.5. The monoisotopic (exact) mass is 560 g/mol. The second-order valence-electron chi connectivity index (χ2n) is 13.7. The predicted octanol–water partition coefficient (Wildman–Crippen LogP) is 3.17. The Labute approximate surface area is 236 Å². The van der Waals surface area contributed by atoms with E-state index in [0.717, 1.165) is 44.9 Å². The minimum atomic E-state index is -1.26. The number of amides is 2. The molecule has 1 N–H and O–H groups in total. The number of ether oxygens (including phenoxy) is 2. The Morgan fingerprint density at radius 3 is 2.52 bits per heavy atom. The van der Waals surface area contributed by atoms with Crippen LogP contribution in [0.3, 0.4) is 0 Å². The van der Waals surface area contributed by atoms with Crippen LogP contribution in [0, 0.1) is 5.92 Å². The van der Waals surface area contributed by atoms with Crippen molar-refractivity contribution in [2.24, 2.45) is 5.92 Å². The first-order chi connectivity index (χ1) is 19.1. The third-order valence-electron chi connectivity index (χ3n) is 9.78. The first kappa shape index (κ1) is 27.9. The molecule has 0 aromatic heterocycles. The number of alkyl halides is 1. The van der Waals surface area contributed by atoms with E-state index in [2.05, 4.69) is 15.1 Å². The number of rotatable bonds is 3. The highest BCUT2D eigenvalue weighted by Crippen LogP contribution is 2.47. The fourth-order valence-electron chi connectivity index (χ4n) is 8.07. The lowest BCUT2D eigenvalue weighted by Gasteiger charge is -2.60. The van der Waals surface area contributed by atoms with Crippen LogP contribution in [-0.4, -0.2) is 107 Å². The largest absolute Gasteiger partial charge is 0.444 e. The Morgan fingerprint density at radius 1 is 1.02 bits per heavy atom. The van der Waals surface area contributed by atoms with Crippen molar-refractivity contribution in [2.75, 3.05) is 26.2 Å². The van der Waals surface area contributed by atoms with Crippen LogP contribution in [-0.2, 0) is 19.1 Å². The summed E-state index contributed by atoms with van der Waals surface area (Å²) in [6, 6.07) is -0.812. The number of Topliss-reactive ketones (excluding diaryl/α,β-unsaturated/α-hetero) is 1. The number of alkyl carbamates (subject to hydrolysis) is 1. The van der Waals surface area contributed by atoms with Gasteiger partial charge >= 0.3 is 6.09 Å². The number of carbonyl (C=O) groups excluding carboxylic acids is 3. The third-order valence-corrected chi connectivity index (χ3v) is 9.78. The lowest BCUT2D eigenvalue weighted by molar-refractivity contribution is -0.210. The van der Waals surface area contributed by atoms with Gasteiger partial charge in [-0.1, -0.05) is 12.8 Å². The van der Waals surface area contributed by atoms with Crippen molar-refractivity contribution in [3.05, 3.63) is 11.8 Å². The zero-order valence-electron chi connectivity index (χ0n) is 24.1. The molecule has 0 bridgehead atoms. The van der Waals surface area contributed by atoms with Gasteiger partial charge in [0.05, 0.1) is 35.9 Å². The first-order valence-electron chi connectivity index (χ1n) is 15.5. The number of nitrogens with zero attached hydrogens (tertiary/aromatic N) is 3. The molecule has 4 heterocycles. The molecule has 8 atom stereocenters. The van der Waals surface area contributed by atoms with Gasteiger partial charge < -0.3 is 24.6 Å². The minimum absolute atomic E-state index is 0.0440. The molecule has 9 nitrogen and oxygen atoms in total. The molecule has 2 aliphatic carbocycles. The average molecular weight is 561 g/mol. The molecule has 2 saturated carbocycles. The van der Waals surface area contributed by atoms with Gasteiger partial charge in [-0.05, 0) is 65.7 Å². The third kappa shape index (κ3) is 5.26. The highest BCUT2D eigenvalue weighted by Gasteiger charge is 2.60. The number of halogens is 1. The number of ketones is 1. The van der Waals surface area contributed by atoms with Crippen molar-refractivity contribution in [3.63, 3.8) is 0 Å². The van der Waals surface area contributed by atoms with E-state index in [9.17, 15) is 14.4 Å². The molecule has 6 rings (SSSR count). The van der Waals surface area contributed by atoms with Crippen molar-refractivity contribution in [1.82, 2.24) is 20.0 Å². The molecule has 40 heavy (non-hydrogen) atoms. The molecule has 5 fully saturated rings. The molecule has 0 spiro atoms. The smallest absolute Gasteiger partial charge is 0.407 e. The number of likely N-dealkylation sites (tertiary alicyclic amines) is 2. The molecule has 8 unspecified atom stereocenters. The molecule has 0 aromatic rings. The van der Waals surface area contributed by atoms with Crippen molar-refractivity contribution in [1.29, 1.82) is 0 Å². The van der Waals surface area contributed by atoms with Crippen molar-refractivity contribution in [3.8, 4) is 0 Å². The van der Waals surface area contributed by atoms with Gasteiger partial charge in [0.1, 0.15) is 11.8 Å². The molecule has 4 aliphatic heterocycles. The summed E-state index contributed by atoms with van der Waals surface area (Å²) in [5, 5.41) is 2.95. The molecule has 0 radical (unpaired) electrons. The van der Waals surface area contributed by atoms with E-state index in [0.29, 0.717) is 32.6 Å². The summed E-state index contributed by atoms with van der Waals surface area (Å²) < 4.78 is 28.4. The minimum Gasteiger partial charge on any atom is -0.444 e. The number of hydrogen-bond donors (Lipinski definition) is 1. The van der Waals surface area contributed by atoms with Crippen LogP contribution in [0.25, 0.3) is 0 Å². The topological polar surface area (TPSA) is 91.4 Å². The van der Waals surface area contributed by atoms with Crippen LogP contribution in [0.2, 0.25) is 0 Å². The lowest BCUT2D eigenvalue weighted by atomic mass is 9.69. The fourth-order valence-corrected chi connectivity index (χ4v) is 8.07. The summed E-state index contributed by atoms with van der Waals surface area (Å²) in [4.78, 5) is 46.0. The highest BCUT2D eigenvalue weighted by molar-refractivity contribution is 6.20. The van der Waals surface area contributed by atoms with E-state index in [1.807, 2.05) is 31.9 Å². The maximum atomic E-state index is 16.2. The van der Waals surface area contributed by atoms with Gasteiger partial charge in [0.2, 0.25) is 0 Å². The van der Waals surface area contributed by atoms with Gasteiger partial charge in [-0.15, -0.1) is 0 Å². The average Bonchev–Trinajstić information content (AvgIpc) is 3.36. The van der Waals surface area contributed by atoms with Crippen LogP contribution >= 0.6 is 0 Å². The van der Waals surface area contributed by atoms with E-state index in [4.69, 9.17) is 9.47 Å². The number of nitrogens with one attached hydrogen (secondary N) is 1. The predicted molar refractivity (Wildman–Crippen MR) is 146 cm³/mol. The van der Waals surface area contributed by atoms with Gasteiger partial charge in [-0.2, -0.15) is 0 Å². The molecular formula is C30H45FN4O5. The summed E-state index contributed by atoms with van der Waals surface area (Å²) >= 11 is 0. The van der Waals surface area contributed by atoms with Gasteiger partial charge in [-0.25, -0.2) is 9.18 Å². The number of piperidine rings is 1. The lowest BCUT2D eigenvalue weighted by Crippen LogP contribution is -2.73. The van der Waals surface area contributed by atoms with Crippen LogP contribution < -0.4 is 5.32 Å². The molecular weight excluding hydrogens is 515 g/mol. The Hall–Kier alpha value is -2.20. The van der Waals surface area contributed by atoms with Gasteiger partial charge in [0.15, 0.2) is 5.78 Å². The SMILES string of the molecule is CC(C)(C)OC(=O)NC1CCN(C2C(F)CC3C(=O)C(C(=O)N4CCCCC4)=CN4C5CCCCC5OC2C34)C1. The van der Waals surface area contributed by atoms with E-state index < -0.39 is 35.9 Å². The Bertz CT molecular complexity index is 1040. The highest BCUT2D eigenvalue weighted by atomic mass is 19.1. The van der Waals surface area contributed by atoms with E-state index in [-0.39, 0.29) is 47.9 Å². The van der Waals surface area contributed by atoms with Crippen molar-refractivity contribution < 1.29 is 28.2 Å². The summed E-state index contributed by atoms with van der Waals surface area (Å²) in [7, 11) is 0. The standard InChI is InChI=1S/C30H45FN4O5/c1-30(2,3)40-29(38)32-18-11-14-34(16-18)25-21(31)15-19-24-27(25)39-23-10-6-5-9-22(23)35(24)17-20(26(19)36)28(37)33-12-7-4-8-13-33/h17-19,21-25,27H,4-16H2,1-3H3,(H,32,38). The van der Waals surface area contributed by atoms with Gasteiger partial charge in [0.25, 0.3) is 5.91 Å². The summed E-state index contributed by atoms with van der Waals surface area (Å²) in [5.41, 5.74) is -0.350.